The van der Waals surface area contributed by atoms with Gasteiger partial charge < -0.3 is 14.6 Å². The van der Waals surface area contributed by atoms with Crippen molar-refractivity contribution >= 4 is 45.1 Å². The molecule has 1 amide bonds. The van der Waals surface area contributed by atoms with Crippen LogP contribution in [0.5, 0.6) is 5.75 Å². The third kappa shape index (κ3) is 6.20. The molecule has 0 unspecified atom stereocenters. The first-order valence-electron chi connectivity index (χ1n) is 10.7. The summed E-state index contributed by atoms with van der Waals surface area (Å²) >= 11 is 5.72. The molecule has 16 heteroatoms. The molecule has 0 aromatic heterocycles. The highest BCUT2D eigenvalue weighted by molar-refractivity contribution is 7.92. The Morgan fingerprint density at radius 2 is 1.84 bits per heavy atom. The van der Waals surface area contributed by atoms with Crippen LogP contribution < -0.4 is 14.4 Å². The number of ether oxygens (including phenoxy) is 2. The molecule has 1 aliphatic rings. The van der Waals surface area contributed by atoms with Crippen LogP contribution in [0.4, 0.5) is 38.1 Å². The lowest BCUT2D eigenvalue weighted by molar-refractivity contribution is -0.242. The van der Waals surface area contributed by atoms with Crippen LogP contribution in [0.2, 0.25) is 5.02 Å². The van der Waals surface area contributed by atoms with Gasteiger partial charge in [-0.2, -0.15) is 13.2 Å². The average Bonchev–Trinajstić information content (AvgIpc) is 2.78. The highest BCUT2D eigenvalue weighted by atomic mass is 35.5. The van der Waals surface area contributed by atoms with Gasteiger partial charge in [0.1, 0.15) is 11.9 Å². The summed E-state index contributed by atoms with van der Waals surface area (Å²) in [6.45, 7) is 0.659. The second-order valence-corrected chi connectivity index (χ2v) is 10.9. The van der Waals surface area contributed by atoms with Crippen LogP contribution in [-0.4, -0.2) is 50.0 Å². The smallest absolute Gasteiger partial charge is 0.427 e. The van der Waals surface area contributed by atoms with Gasteiger partial charge in [-0.15, -0.1) is 0 Å². The maximum absolute atomic E-state index is 15.1. The lowest BCUT2D eigenvalue weighted by Crippen LogP contribution is -2.44. The zero-order valence-corrected chi connectivity index (χ0v) is 21.2. The van der Waals surface area contributed by atoms with Crippen LogP contribution >= 0.6 is 11.6 Å². The Bertz CT molecular complexity index is 1370. The molecule has 208 valence electrons. The standard InChI is InChI=1S/C22H20ClF5N2O7S/c1-21(2,22(26,27)28)37-20(33)29-11-7-16(25)19-17(8-11)30(10-12(36-19)3-6-18(31)32)38(34,35)13-4-5-15(24)14(23)9-13/h4-5,7-9,12H,3,6,10H2,1-2H3,(H,29,33)(H,31,32)/t12-/m0/s1. The van der Waals surface area contributed by atoms with Crippen molar-refractivity contribution in [3.63, 3.8) is 0 Å². The van der Waals surface area contributed by atoms with E-state index in [0.29, 0.717) is 24.2 Å². The fraction of sp³-hybridized carbons (Fsp3) is 0.364. The number of carboxylic acids is 1. The number of carboxylic acid groups (broad SMARTS) is 1. The van der Waals surface area contributed by atoms with E-state index in [-0.39, 0.29) is 6.42 Å². The van der Waals surface area contributed by atoms with E-state index in [9.17, 15) is 35.6 Å². The van der Waals surface area contributed by atoms with Gasteiger partial charge in [-0.05, 0) is 44.5 Å². The van der Waals surface area contributed by atoms with Crippen LogP contribution in [-0.2, 0) is 19.6 Å². The van der Waals surface area contributed by atoms with E-state index in [1.165, 1.54) is 0 Å². The zero-order chi connectivity index (χ0) is 28.6. The third-order valence-corrected chi connectivity index (χ3v) is 7.45. The number of aliphatic carboxylic acids is 1. The Kier molecular flexibility index (Phi) is 8.03. The first kappa shape index (κ1) is 29.2. The molecule has 0 fully saturated rings. The maximum atomic E-state index is 15.1. The Morgan fingerprint density at radius 1 is 1.18 bits per heavy atom. The SMILES string of the molecule is CC(C)(OC(=O)Nc1cc(F)c2c(c1)N(S(=O)(=O)c1ccc(F)c(Cl)c1)C[C@H](CCC(=O)O)O2)C(F)(F)F. The van der Waals surface area contributed by atoms with Gasteiger partial charge in [-0.3, -0.25) is 14.4 Å². The number of fused-ring (bicyclic) bond motifs is 1. The molecule has 0 saturated heterocycles. The first-order chi connectivity index (χ1) is 17.4. The quantitative estimate of drug-likeness (QED) is 0.421. The number of hydrogen-bond acceptors (Lipinski definition) is 6. The van der Waals surface area contributed by atoms with Crippen molar-refractivity contribution in [2.75, 3.05) is 16.2 Å². The van der Waals surface area contributed by atoms with E-state index < -0.39 is 91.6 Å². The van der Waals surface area contributed by atoms with Crippen molar-refractivity contribution in [2.24, 2.45) is 0 Å². The number of hydrogen-bond donors (Lipinski definition) is 2. The lowest BCUT2D eigenvalue weighted by atomic mass is 10.1. The Labute approximate surface area is 218 Å². The fourth-order valence-electron chi connectivity index (χ4n) is 3.30. The molecule has 0 radical (unpaired) electrons. The Balaban J connectivity index is 2.04. The van der Waals surface area contributed by atoms with Crippen LogP contribution in [0.3, 0.4) is 0 Å². The number of benzene rings is 2. The molecule has 2 aromatic rings. The van der Waals surface area contributed by atoms with Gasteiger partial charge in [0.05, 0.1) is 22.2 Å². The first-order valence-corrected chi connectivity index (χ1v) is 12.5. The van der Waals surface area contributed by atoms with Gasteiger partial charge in [-0.25, -0.2) is 22.0 Å². The monoisotopic (exact) mass is 586 g/mol. The number of sulfonamides is 1. The molecular formula is C22H20ClF5N2O7S. The molecule has 2 aromatic carbocycles. The summed E-state index contributed by atoms with van der Waals surface area (Å²) in [6.07, 6.45) is -8.33. The number of carbonyl (C=O) groups is 2. The minimum Gasteiger partial charge on any atom is -0.483 e. The number of rotatable bonds is 7. The predicted octanol–water partition coefficient (Wildman–Crippen LogP) is 5.33. The maximum Gasteiger partial charge on any atom is 0.427 e. The van der Waals surface area contributed by atoms with Crippen molar-refractivity contribution in [1.82, 2.24) is 0 Å². The van der Waals surface area contributed by atoms with E-state index in [0.717, 1.165) is 24.3 Å². The van der Waals surface area contributed by atoms with Crippen molar-refractivity contribution in [2.45, 2.75) is 49.5 Å². The molecule has 1 atom stereocenters. The van der Waals surface area contributed by atoms with Crippen molar-refractivity contribution in [3.05, 3.63) is 47.0 Å². The highest BCUT2D eigenvalue weighted by Gasteiger charge is 2.51. The summed E-state index contributed by atoms with van der Waals surface area (Å²) in [4.78, 5) is 22.6. The largest absolute Gasteiger partial charge is 0.483 e. The second-order valence-electron chi connectivity index (χ2n) is 8.61. The summed E-state index contributed by atoms with van der Waals surface area (Å²) in [5.74, 6) is -3.98. The Morgan fingerprint density at radius 3 is 2.42 bits per heavy atom. The van der Waals surface area contributed by atoms with Crippen molar-refractivity contribution in [1.29, 1.82) is 0 Å². The van der Waals surface area contributed by atoms with E-state index in [4.69, 9.17) is 21.4 Å². The van der Waals surface area contributed by atoms with Gasteiger partial charge >= 0.3 is 18.2 Å². The van der Waals surface area contributed by atoms with Gasteiger partial charge in [-0.1, -0.05) is 11.6 Å². The van der Waals surface area contributed by atoms with Gasteiger partial charge in [0.25, 0.3) is 10.0 Å². The number of carbonyl (C=O) groups excluding carboxylic acids is 1. The van der Waals surface area contributed by atoms with Crippen LogP contribution in [0.25, 0.3) is 0 Å². The molecule has 2 N–H and O–H groups in total. The van der Waals surface area contributed by atoms with E-state index in [1.807, 2.05) is 5.32 Å². The number of nitrogens with one attached hydrogen (secondary N) is 1. The molecule has 0 bridgehead atoms. The molecule has 1 aliphatic heterocycles. The van der Waals surface area contributed by atoms with E-state index in [2.05, 4.69) is 4.74 Å². The normalized spacial score (nSPS) is 15.9. The van der Waals surface area contributed by atoms with E-state index >= 15 is 4.39 Å². The summed E-state index contributed by atoms with van der Waals surface area (Å²) in [7, 11) is -4.60. The predicted molar refractivity (Wildman–Crippen MR) is 124 cm³/mol. The lowest BCUT2D eigenvalue weighted by Gasteiger charge is -2.36. The number of nitrogens with zero attached hydrogens (tertiary/aromatic N) is 1. The molecule has 0 saturated carbocycles. The second kappa shape index (κ2) is 10.4. The number of halogens is 6. The van der Waals surface area contributed by atoms with E-state index in [1.54, 1.807) is 0 Å². The van der Waals surface area contributed by atoms with Crippen molar-refractivity contribution in [3.8, 4) is 5.75 Å². The highest BCUT2D eigenvalue weighted by Crippen LogP contribution is 2.42. The molecule has 1 heterocycles. The topological polar surface area (TPSA) is 122 Å². The summed E-state index contributed by atoms with van der Waals surface area (Å²) < 4.78 is 105. The van der Waals surface area contributed by atoms with Gasteiger partial charge in [0.15, 0.2) is 11.6 Å². The minimum absolute atomic E-state index is 0.219. The van der Waals surface area contributed by atoms with Crippen LogP contribution in [0.1, 0.15) is 26.7 Å². The average molecular weight is 587 g/mol. The number of alkyl halides is 3. The van der Waals surface area contributed by atoms with Crippen LogP contribution in [0.15, 0.2) is 35.2 Å². The third-order valence-electron chi connectivity index (χ3n) is 5.38. The fourth-order valence-corrected chi connectivity index (χ4v) is 5.06. The molecule has 9 nitrogen and oxygen atoms in total. The number of amides is 1. The van der Waals surface area contributed by atoms with Gasteiger partial charge in [0.2, 0.25) is 5.60 Å². The minimum atomic E-state index is -4.93. The molecule has 0 spiro atoms. The molecule has 38 heavy (non-hydrogen) atoms. The van der Waals surface area contributed by atoms with Crippen LogP contribution in [0, 0.1) is 11.6 Å². The van der Waals surface area contributed by atoms with Crippen molar-refractivity contribution < 1.29 is 54.5 Å². The Hall–Kier alpha value is -3.33. The summed E-state index contributed by atoms with van der Waals surface area (Å²) in [5, 5.41) is 10.4. The molecular weight excluding hydrogens is 567 g/mol. The summed E-state index contributed by atoms with van der Waals surface area (Å²) in [5.41, 5.74) is -3.85. The zero-order valence-electron chi connectivity index (χ0n) is 19.6. The molecule has 0 aliphatic carbocycles. The number of anilines is 2. The summed E-state index contributed by atoms with van der Waals surface area (Å²) in [6, 6.07) is 4.06. The molecule has 3 rings (SSSR count). The van der Waals surface area contributed by atoms with Gasteiger partial charge in [0, 0.05) is 18.2 Å².